The van der Waals surface area contributed by atoms with Crippen molar-refractivity contribution in [3.05, 3.63) is 71.3 Å². The molecule has 33 heavy (non-hydrogen) atoms. The molecular weight excluding hydrogens is 435 g/mol. The van der Waals surface area contributed by atoms with Gasteiger partial charge in [-0.25, -0.2) is 4.79 Å². The van der Waals surface area contributed by atoms with E-state index >= 15 is 0 Å². The molecular formula is C25H22F3NO4. The van der Waals surface area contributed by atoms with Crippen molar-refractivity contribution in [2.24, 2.45) is 0 Å². The Labute approximate surface area is 188 Å². The van der Waals surface area contributed by atoms with Crippen LogP contribution in [0, 0.1) is 0 Å². The van der Waals surface area contributed by atoms with Gasteiger partial charge < -0.3 is 19.1 Å². The predicted molar refractivity (Wildman–Crippen MR) is 119 cm³/mol. The number of phenolic OH excluding ortho intramolecular Hbond substituents is 1. The highest BCUT2D eigenvalue weighted by Crippen LogP contribution is 2.42. The molecule has 3 aromatic carbocycles. The maximum Gasteiger partial charge on any atom is 0.513 e. The molecule has 0 aliphatic rings. The van der Waals surface area contributed by atoms with Crippen LogP contribution in [0.4, 0.5) is 18.0 Å². The molecule has 0 unspecified atom stereocenters. The van der Waals surface area contributed by atoms with E-state index in [-0.39, 0.29) is 24.0 Å². The second kappa shape index (κ2) is 8.35. The highest BCUT2D eigenvalue weighted by molar-refractivity contribution is 6.14. The van der Waals surface area contributed by atoms with Crippen molar-refractivity contribution in [2.45, 2.75) is 32.5 Å². The first-order chi connectivity index (χ1) is 15.6. The fourth-order valence-electron chi connectivity index (χ4n) is 3.98. The minimum Gasteiger partial charge on any atom is -0.507 e. The lowest BCUT2D eigenvalue weighted by molar-refractivity contribution is -0.137. The summed E-state index contributed by atoms with van der Waals surface area (Å²) in [5.41, 5.74) is 1.79. The molecule has 0 radical (unpaired) electrons. The summed E-state index contributed by atoms with van der Waals surface area (Å²) >= 11 is 0. The highest BCUT2D eigenvalue weighted by atomic mass is 19.4. The van der Waals surface area contributed by atoms with E-state index in [1.807, 2.05) is 24.5 Å². The van der Waals surface area contributed by atoms with Gasteiger partial charge >= 0.3 is 12.3 Å². The quantitative estimate of drug-likeness (QED) is 0.269. The van der Waals surface area contributed by atoms with Crippen LogP contribution in [0.3, 0.4) is 0 Å². The number of ether oxygens (including phenoxy) is 2. The molecule has 4 aromatic rings. The van der Waals surface area contributed by atoms with Crippen molar-refractivity contribution in [1.82, 2.24) is 4.57 Å². The zero-order valence-electron chi connectivity index (χ0n) is 18.2. The van der Waals surface area contributed by atoms with Crippen LogP contribution in [0.5, 0.6) is 11.5 Å². The number of aromatic nitrogens is 1. The second-order valence-electron chi connectivity index (χ2n) is 8.08. The third-order valence-electron chi connectivity index (χ3n) is 5.58. The Balaban J connectivity index is 2.00. The zero-order valence-corrected chi connectivity index (χ0v) is 18.2. The first-order valence-electron chi connectivity index (χ1n) is 10.3. The Morgan fingerprint density at radius 1 is 1.03 bits per heavy atom. The van der Waals surface area contributed by atoms with Gasteiger partial charge in [0.2, 0.25) is 0 Å². The van der Waals surface area contributed by atoms with E-state index in [0.717, 1.165) is 17.7 Å². The average Bonchev–Trinajstić information content (AvgIpc) is 3.08. The van der Waals surface area contributed by atoms with E-state index in [1.54, 1.807) is 30.3 Å². The molecule has 1 aromatic heterocycles. The van der Waals surface area contributed by atoms with Crippen LogP contribution < -0.4 is 4.74 Å². The van der Waals surface area contributed by atoms with Crippen molar-refractivity contribution in [3.63, 3.8) is 0 Å². The highest BCUT2D eigenvalue weighted by Gasteiger charge is 2.30. The van der Waals surface area contributed by atoms with Crippen molar-refractivity contribution in [3.8, 4) is 11.5 Å². The minimum atomic E-state index is -4.46. The number of carbonyl (C=O) groups excluding carboxylic acids is 1. The number of benzene rings is 3. The number of nitrogens with zero attached hydrogens (tertiary/aromatic N) is 1. The number of alkyl halides is 3. The lowest BCUT2D eigenvalue weighted by Gasteiger charge is -2.13. The molecule has 0 aliphatic carbocycles. The number of rotatable bonds is 4. The molecule has 172 valence electrons. The smallest absolute Gasteiger partial charge is 0.507 e. The number of hydrogen-bond acceptors (Lipinski definition) is 4. The maximum absolute atomic E-state index is 13.3. The molecule has 5 nitrogen and oxygen atoms in total. The molecule has 0 saturated carbocycles. The van der Waals surface area contributed by atoms with Crippen LogP contribution in [0.25, 0.3) is 21.8 Å². The molecule has 0 atom stereocenters. The number of fused-ring (bicyclic) bond motifs is 3. The number of phenols is 1. The van der Waals surface area contributed by atoms with Gasteiger partial charge in [-0.3, -0.25) is 0 Å². The van der Waals surface area contributed by atoms with Gasteiger partial charge in [0.05, 0.1) is 34.5 Å². The first-order valence-corrected chi connectivity index (χ1v) is 10.3. The SMILES string of the molecule is COC(=O)Oc1cccc2c1c1c(O)cc(C(C)C)cc1n2Cc1cccc(C(F)(F)F)c1. The van der Waals surface area contributed by atoms with Gasteiger partial charge in [-0.15, -0.1) is 0 Å². The van der Waals surface area contributed by atoms with Crippen LogP contribution in [-0.2, 0) is 17.5 Å². The summed E-state index contributed by atoms with van der Waals surface area (Å²) in [6.07, 6.45) is -5.37. The molecule has 0 aliphatic heterocycles. The van der Waals surface area contributed by atoms with E-state index in [2.05, 4.69) is 4.74 Å². The third-order valence-corrected chi connectivity index (χ3v) is 5.58. The number of carbonyl (C=O) groups is 1. The summed E-state index contributed by atoms with van der Waals surface area (Å²) in [6.45, 7) is 4.07. The molecule has 8 heteroatoms. The second-order valence-corrected chi connectivity index (χ2v) is 8.08. The lowest BCUT2D eigenvalue weighted by Crippen LogP contribution is -2.08. The van der Waals surface area contributed by atoms with Crippen molar-refractivity contribution in [2.75, 3.05) is 7.11 Å². The van der Waals surface area contributed by atoms with Gasteiger partial charge in [0.15, 0.2) is 0 Å². The third kappa shape index (κ3) is 4.20. The summed E-state index contributed by atoms with van der Waals surface area (Å²) in [7, 11) is 1.19. The molecule has 1 heterocycles. The van der Waals surface area contributed by atoms with Gasteiger partial charge in [0, 0.05) is 6.54 Å². The van der Waals surface area contributed by atoms with E-state index in [9.17, 15) is 23.1 Å². The summed E-state index contributed by atoms with van der Waals surface area (Å²) < 4.78 is 51.5. The fourth-order valence-corrected chi connectivity index (χ4v) is 3.98. The molecule has 1 N–H and O–H groups in total. The number of hydrogen-bond donors (Lipinski definition) is 1. The monoisotopic (exact) mass is 457 g/mol. The molecule has 0 bridgehead atoms. The lowest BCUT2D eigenvalue weighted by atomic mass is 10.0. The Morgan fingerprint density at radius 2 is 1.76 bits per heavy atom. The molecule has 4 rings (SSSR count). The molecule has 0 saturated heterocycles. The fraction of sp³-hybridized carbons (Fsp3) is 0.240. The van der Waals surface area contributed by atoms with Crippen molar-refractivity contribution in [1.29, 1.82) is 0 Å². The summed E-state index contributed by atoms with van der Waals surface area (Å²) in [5, 5.41) is 11.8. The Hall–Kier alpha value is -3.68. The van der Waals surface area contributed by atoms with Crippen LogP contribution in [-0.4, -0.2) is 22.9 Å². The van der Waals surface area contributed by atoms with Crippen LogP contribution in [0.1, 0.15) is 36.5 Å². The van der Waals surface area contributed by atoms with Gasteiger partial charge in [-0.2, -0.15) is 13.2 Å². The Bertz CT molecular complexity index is 1360. The van der Waals surface area contributed by atoms with E-state index < -0.39 is 17.9 Å². The molecule has 0 amide bonds. The number of aromatic hydroxyl groups is 1. The summed E-state index contributed by atoms with van der Waals surface area (Å²) in [5.74, 6) is 0.274. The maximum atomic E-state index is 13.3. The van der Waals surface area contributed by atoms with E-state index in [0.29, 0.717) is 27.4 Å². The van der Waals surface area contributed by atoms with Gasteiger partial charge in [-0.05, 0) is 53.4 Å². The number of halogens is 3. The predicted octanol–water partition coefficient (Wildman–Crippen LogP) is 6.84. The average molecular weight is 457 g/mol. The van der Waals surface area contributed by atoms with Crippen molar-refractivity contribution < 1.29 is 32.5 Å². The summed E-state index contributed by atoms with van der Waals surface area (Å²) in [6, 6.07) is 13.7. The number of methoxy groups -OCH3 is 1. The largest absolute Gasteiger partial charge is 0.513 e. The Morgan fingerprint density at radius 3 is 2.42 bits per heavy atom. The molecule has 0 spiro atoms. The van der Waals surface area contributed by atoms with Crippen LogP contribution in [0.2, 0.25) is 0 Å². The van der Waals surface area contributed by atoms with E-state index in [1.165, 1.54) is 13.2 Å². The van der Waals surface area contributed by atoms with Crippen LogP contribution >= 0.6 is 0 Å². The Kier molecular flexibility index (Phi) is 5.69. The van der Waals surface area contributed by atoms with E-state index in [4.69, 9.17) is 4.74 Å². The topological polar surface area (TPSA) is 60.7 Å². The molecule has 0 fully saturated rings. The summed E-state index contributed by atoms with van der Waals surface area (Å²) in [4.78, 5) is 11.8. The van der Waals surface area contributed by atoms with Crippen LogP contribution in [0.15, 0.2) is 54.6 Å². The van der Waals surface area contributed by atoms with Gasteiger partial charge in [0.1, 0.15) is 11.5 Å². The van der Waals surface area contributed by atoms with Crippen molar-refractivity contribution >= 4 is 28.0 Å². The zero-order chi connectivity index (χ0) is 23.9. The standard InChI is InChI=1S/C25H22F3NO4/c1-14(2)16-11-19-22(20(30)12-16)23-18(8-5-9-21(23)33-24(31)32-3)29(19)13-15-6-4-7-17(10-15)25(26,27)28/h4-12,14,30H,13H2,1-3H3. The first kappa shape index (κ1) is 22.5. The minimum absolute atomic E-state index is 0.00934. The van der Waals surface area contributed by atoms with Gasteiger partial charge in [0.25, 0.3) is 0 Å². The van der Waals surface area contributed by atoms with Gasteiger partial charge in [-0.1, -0.05) is 32.0 Å². The normalized spacial score (nSPS) is 12.0.